The molecule has 1 unspecified atom stereocenters. The fraction of sp³-hybridized carbons (Fsp3) is 0.611. The van der Waals surface area contributed by atoms with Gasteiger partial charge in [-0.25, -0.2) is 0 Å². The molecule has 1 saturated carbocycles. The van der Waals surface area contributed by atoms with Gasteiger partial charge in [-0.05, 0) is 62.4 Å². The number of rotatable bonds is 4. The van der Waals surface area contributed by atoms with Crippen molar-refractivity contribution in [3.8, 4) is 11.5 Å². The van der Waals surface area contributed by atoms with Gasteiger partial charge in [-0.2, -0.15) is 0 Å². The fourth-order valence-electron chi connectivity index (χ4n) is 3.51. The van der Waals surface area contributed by atoms with Crippen LogP contribution in [-0.4, -0.2) is 32.2 Å². The number of carbonyl (C=O) groups is 1. The first kappa shape index (κ1) is 14.8. The summed E-state index contributed by atoms with van der Waals surface area (Å²) in [7, 11) is 0. The molecule has 3 aliphatic rings. The van der Waals surface area contributed by atoms with Crippen LogP contribution < -0.4 is 20.1 Å². The van der Waals surface area contributed by atoms with Crippen LogP contribution in [0.4, 0.5) is 0 Å². The third-order valence-corrected chi connectivity index (χ3v) is 5.03. The molecule has 2 fully saturated rings. The van der Waals surface area contributed by atoms with Crippen molar-refractivity contribution in [3.63, 3.8) is 0 Å². The third-order valence-electron chi connectivity index (χ3n) is 5.03. The molecular weight excluding hydrogens is 292 g/mol. The molecular formula is C18H24N2O3. The van der Waals surface area contributed by atoms with Gasteiger partial charge < -0.3 is 20.1 Å². The van der Waals surface area contributed by atoms with Crippen molar-refractivity contribution in [3.05, 3.63) is 23.8 Å². The minimum atomic E-state index is 0.105. The van der Waals surface area contributed by atoms with E-state index >= 15 is 0 Å². The summed E-state index contributed by atoms with van der Waals surface area (Å²) >= 11 is 0. The number of hydrogen-bond donors (Lipinski definition) is 2. The van der Waals surface area contributed by atoms with Gasteiger partial charge >= 0.3 is 0 Å². The minimum Gasteiger partial charge on any atom is -0.486 e. The van der Waals surface area contributed by atoms with E-state index in [-0.39, 0.29) is 17.9 Å². The van der Waals surface area contributed by atoms with Crippen molar-refractivity contribution >= 4 is 5.91 Å². The number of benzene rings is 1. The lowest BCUT2D eigenvalue weighted by Crippen LogP contribution is -2.40. The minimum absolute atomic E-state index is 0.105. The van der Waals surface area contributed by atoms with Crippen LogP contribution in [0.5, 0.6) is 11.5 Å². The molecule has 2 heterocycles. The molecule has 5 heteroatoms. The number of hydrogen-bond acceptors (Lipinski definition) is 4. The first-order valence-corrected chi connectivity index (χ1v) is 8.72. The largest absolute Gasteiger partial charge is 0.486 e. The molecule has 0 spiro atoms. The summed E-state index contributed by atoms with van der Waals surface area (Å²) in [6, 6.07) is 6.18. The average molecular weight is 316 g/mol. The highest BCUT2D eigenvalue weighted by atomic mass is 16.6. The van der Waals surface area contributed by atoms with E-state index in [2.05, 4.69) is 16.7 Å². The Bertz CT molecular complexity index is 580. The van der Waals surface area contributed by atoms with Gasteiger partial charge in [0, 0.05) is 5.92 Å². The molecule has 1 saturated heterocycles. The number of carbonyl (C=O) groups excluding carboxylic acids is 1. The van der Waals surface area contributed by atoms with E-state index in [9.17, 15) is 4.79 Å². The molecule has 0 aromatic heterocycles. The summed E-state index contributed by atoms with van der Waals surface area (Å²) in [4.78, 5) is 12.6. The third kappa shape index (κ3) is 3.29. The standard InChI is InChI=1S/C18H24N2O3/c21-18(13-5-7-19-8-6-13)20-17(12-1-2-12)14-3-4-15-16(11-14)23-10-9-22-15/h3-4,11-13,17,19H,1-2,5-10H2,(H,20,21). The molecule has 1 aromatic rings. The van der Waals surface area contributed by atoms with Crippen molar-refractivity contribution in [1.82, 2.24) is 10.6 Å². The van der Waals surface area contributed by atoms with Gasteiger partial charge in [0.15, 0.2) is 11.5 Å². The zero-order valence-electron chi connectivity index (χ0n) is 13.3. The lowest BCUT2D eigenvalue weighted by atomic mass is 9.95. The molecule has 124 valence electrons. The van der Waals surface area contributed by atoms with E-state index < -0.39 is 0 Å². The van der Waals surface area contributed by atoms with Crippen LogP contribution in [0.1, 0.15) is 37.3 Å². The molecule has 23 heavy (non-hydrogen) atoms. The quantitative estimate of drug-likeness (QED) is 0.892. The molecule has 5 nitrogen and oxygen atoms in total. The Labute approximate surface area is 136 Å². The summed E-state index contributed by atoms with van der Waals surface area (Å²) < 4.78 is 11.3. The highest BCUT2D eigenvalue weighted by molar-refractivity contribution is 5.79. The van der Waals surface area contributed by atoms with Crippen LogP contribution >= 0.6 is 0 Å². The summed E-state index contributed by atoms with van der Waals surface area (Å²) in [5.41, 5.74) is 1.14. The van der Waals surface area contributed by atoms with Crippen LogP contribution in [0, 0.1) is 11.8 Å². The van der Waals surface area contributed by atoms with Crippen molar-refractivity contribution < 1.29 is 14.3 Å². The highest BCUT2D eigenvalue weighted by Gasteiger charge is 2.35. The van der Waals surface area contributed by atoms with Gasteiger partial charge in [-0.15, -0.1) is 0 Å². The van der Waals surface area contributed by atoms with Gasteiger partial charge in [0.1, 0.15) is 13.2 Å². The molecule has 1 atom stereocenters. The van der Waals surface area contributed by atoms with Gasteiger partial charge in [0.05, 0.1) is 6.04 Å². The number of nitrogens with one attached hydrogen (secondary N) is 2. The van der Waals surface area contributed by atoms with Crippen LogP contribution in [-0.2, 0) is 4.79 Å². The van der Waals surface area contributed by atoms with E-state index in [0.29, 0.717) is 19.1 Å². The molecule has 1 aliphatic carbocycles. The maximum absolute atomic E-state index is 12.6. The number of amides is 1. The second-order valence-electron chi connectivity index (χ2n) is 6.75. The van der Waals surface area contributed by atoms with Gasteiger partial charge in [0.2, 0.25) is 5.91 Å². The molecule has 1 aromatic carbocycles. The topological polar surface area (TPSA) is 59.6 Å². The molecule has 1 amide bonds. The normalized spacial score (nSPS) is 22.4. The first-order valence-electron chi connectivity index (χ1n) is 8.72. The Hall–Kier alpha value is -1.75. The Morgan fingerprint density at radius 3 is 2.57 bits per heavy atom. The number of fused-ring (bicyclic) bond motifs is 1. The summed E-state index contributed by atoms with van der Waals surface area (Å²) in [6.45, 7) is 3.07. The maximum atomic E-state index is 12.6. The van der Waals surface area contributed by atoms with Crippen LogP contribution in [0.2, 0.25) is 0 Å². The summed E-state index contributed by atoms with van der Waals surface area (Å²) in [6.07, 6.45) is 4.24. The molecule has 2 aliphatic heterocycles. The zero-order valence-corrected chi connectivity index (χ0v) is 13.3. The van der Waals surface area contributed by atoms with Crippen LogP contribution in [0.3, 0.4) is 0 Å². The highest BCUT2D eigenvalue weighted by Crippen LogP contribution is 2.43. The number of piperidine rings is 1. The van der Waals surface area contributed by atoms with E-state index in [4.69, 9.17) is 9.47 Å². The predicted molar refractivity (Wildman–Crippen MR) is 86.6 cm³/mol. The van der Waals surface area contributed by atoms with Crippen LogP contribution in [0.25, 0.3) is 0 Å². The second kappa shape index (κ2) is 6.40. The van der Waals surface area contributed by atoms with Crippen LogP contribution in [0.15, 0.2) is 18.2 Å². The van der Waals surface area contributed by atoms with E-state index in [0.717, 1.165) is 43.0 Å². The van der Waals surface area contributed by atoms with E-state index in [1.165, 1.54) is 12.8 Å². The summed E-state index contributed by atoms with van der Waals surface area (Å²) in [5.74, 6) is 2.52. The van der Waals surface area contributed by atoms with Gasteiger partial charge in [-0.3, -0.25) is 4.79 Å². The Morgan fingerprint density at radius 2 is 1.83 bits per heavy atom. The zero-order chi connectivity index (χ0) is 15.6. The Balaban J connectivity index is 1.50. The summed E-state index contributed by atoms with van der Waals surface area (Å²) in [5, 5.41) is 6.62. The Morgan fingerprint density at radius 1 is 1.09 bits per heavy atom. The fourth-order valence-corrected chi connectivity index (χ4v) is 3.51. The van der Waals surface area contributed by atoms with Crippen molar-refractivity contribution in [2.24, 2.45) is 11.8 Å². The van der Waals surface area contributed by atoms with E-state index in [1.807, 2.05) is 12.1 Å². The SMILES string of the molecule is O=C(NC(c1ccc2c(c1)OCCO2)C1CC1)C1CCNCC1. The van der Waals surface area contributed by atoms with E-state index in [1.54, 1.807) is 0 Å². The number of ether oxygens (including phenoxy) is 2. The lowest BCUT2D eigenvalue weighted by molar-refractivity contribution is -0.126. The lowest BCUT2D eigenvalue weighted by Gasteiger charge is -2.27. The van der Waals surface area contributed by atoms with Crippen molar-refractivity contribution in [1.29, 1.82) is 0 Å². The first-order chi connectivity index (χ1) is 11.3. The van der Waals surface area contributed by atoms with Gasteiger partial charge in [0.25, 0.3) is 0 Å². The Kier molecular flexibility index (Phi) is 4.12. The second-order valence-corrected chi connectivity index (χ2v) is 6.75. The van der Waals surface area contributed by atoms with Crippen molar-refractivity contribution in [2.45, 2.75) is 31.7 Å². The van der Waals surface area contributed by atoms with Crippen molar-refractivity contribution in [2.75, 3.05) is 26.3 Å². The molecule has 2 N–H and O–H groups in total. The smallest absolute Gasteiger partial charge is 0.223 e. The molecule has 0 bridgehead atoms. The monoisotopic (exact) mass is 316 g/mol. The predicted octanol–water partition coefficient (Wildman–Crippen LogP) is 2.02. The molecule has 0 radical (unpaired) electrons. The average Bonchev–Trinajstić information content (AvgIpc) is 3.45. The maximum Gasteiger partial charge on any atom is 0.223 e. The van der Waals surface area contributed by atoms with Gasteiger partial charge in [-0.1, -0.05) is 6.07 Å². The molecule has 4 rings (SSSR count).